The van der Waals surface area contributed by atoms with Gasteiger partial charge >= 0.3 is 0 Å². The first-order chi connectivity index (χ1) is 9.56. The Balaban J connectivity index is 2.18. The van der Waals surface area contributed by atoms with Crippen LogP contribution < -0.4 is 5.73 Å². The third kappa shape index (κ3) is 2.01. The predicted octanol–water partition coefficient (Wildman–Crippen LogP) is 4.24. The monoisotopic (exact) mass is 266 g/mol. The van der Waals surface area contributed by atoms with E-state index in [2.05, 4.69) is 29.7 Å². The Labute approximate surface area is 118 Å². The molecule has 0 aliphatic rings. The van der Waals surface area contributed by atoms with Crippen LogP contribution in [0.25, 0.3) is 17.1 Å². The molecule has 0 bridgehead atoms. The second-order valence-electron chi connectivity index (χ2n) is 5.15. The lowest BCUT2D eigenvalue weighted by atomic mass is 10.1. The van der Waals surface area contributed by atoms with Crippen molar-refractivity contribution >= 4 is 5.69 Å². The van der Waals surface area contributed by atoms with Crippen LogP contribution in [-0.2, 0) is 0 Å². The predicted molar refractivity (Wildman–Crippen MR) is 82.1 cm³/mol. The number of aromatic nitrogens is 1. The summed E-state index contributed by atoms with van der Waals surface area (Å²) in [7, 11) is 0. The van der Waals surface area contributed by atoms with E-state index in [1.54, 1.807) is 0 Å². The van der Waals surface area contributed by atoms with Crippen molar-refractivity contribution in [2.24, 2.45) is 0 Å². The molecule has 20 heavy (non-hydrogen) atoms. The summed E-state index contributed by atoms with van der Waals surface area (Å²) in [5.74, 6) is 1.80. The zero-order valence-electron chi connectivity index (χ0n) is 12.0. The molecule has 0 unspecified atom stereocenters. The quantitative estimate of drug-likeness (QED) is 0.705. The SMILES string of the molecule is Cc1ccc(-c2ccc(C)n2-c2ccc(N)c(C)c2)o1. The van der Waals surface area contributed by atoms with Gasteiger partial charge in [-0.1, -0.05) is 0 Å². The first-order valence-electron chi connectivity index (χ1n) is 6.68. The van der Waals surface area contributed by atoms with Crippen molar-refractivity contribution in [3.63, 3.8) is 0 Å². The van der Waals surface area contributed by atoms with Gasteiger partial charge in [0.1, 0.15) is 5.76 Å². The first kappa shape index (κ1) is 12.6. The summed E-state index contributed by atoms with van der Waals surface area (Å²) in [5.41, 5.74) is 11.1. The van der Waals surface area contributed by atoms with E-state index in [0.717, 1.165) is 34.2 Å². The summed E-state index contributed by atoms with van der Waals surface area (Å²) in [6, 6.07) is 14.2. The van der Waals surface area contributed by atoms with Crippen molar-refractivity contribution in [2.45, 2.75) is 20.8 Å². The molecule has 0 saturated carbocycles. The lowest BCUT2D eigenvalue weighted by Gasteiger charge is -2.12. The molecule has 3 nitrogen and oxygen atoms in total. The standard InChI is InChI=1S/C17H18N2O/c1-11-10-14(6-7-15(11)18)19-12(2)4-8-16(19)17-9-5-13(3)20-17/h4-10H,18H2,1-3H3. The molecule has 0 amide bonds. The van der Waals surface area contributed by atoms with Crippen LogP contribution in [0.15, 0.2) is 46.9 Å². The molecular formula is C17H18N2O. The average Bonchev–Trinajstić information content (AvgIpc) is 2.99. The Morgan fingerprint density at radius 2 is 1.75 bits per heavy atom. The topological polar surface area (TPSA) is 44.1 Å². The zero-order chi connectivity index (χ0) is 14.3. The van der Waals surface area contributed by atoms with E-state index in [0.29, 0.717) is 0 Å². The molecule has 0 spiro atoms. The summed E-state index contributed by atoms with van der Waals surface area (Å²) < 4.78 is 7.94. The van der Waals surface area contributed by atoms with Crippen LogP contribution in [0, 0.1) is 20.8 Å². The van der Waals surface area contributed by atoms with Crippen molar-refractivity contribution in [2.75, 3.05) is 5.73 Å². The molecular weight excluding hydrogens is 248 g/mol. The van der Waals surface area contributed by atoms with Crippen molar-refractivity contribution in [3.05, 3.63) is 59.5 Å². The van der Waals surface area contributed by atoms with Crippen LogP contribution in [0.1, 0.15) is 17.0 Å². The minimum absolute atomic E-state index is 0.814. The van der Waals surface area contributed by atoms with E-state index >= 15 is 0 Å². The van der Waals surface area contributed by atoms with Gasteiger partial charge in [0, 0.05) is 17.1 Å². The molecule has 0 fully saturated rings. The fourth-order valence-electron chi connectivity index (χ4n) is 2.44. The van der Waals surface area contributed by atoms with Crippen molar-refractivity contribution < 1.29 is 4.42 Å². The van der Waals surface area contributed by atoms with Crippen LogP contribution in [-0.4, -0.2) is 4.57 Å². The van der Waals surface area contributed by atoms with Crippen molar-refractivity contribution in [1.82, 2.24) is 4.57 Å². The van der Waals surface area contributed by atoms with Gasteiger partial charge in [0.25, 0.3) is 0 Å². The Kier molecular flexibility index (Phi) is 2.90. The molecule has 0 aliphatic heterocycles. The summed E-state index contributed by atoms with van der Waals surface area (Å²) in [6.07, 6.45) is 0. The minimum Gasteiger partial charge on any atom is -0.460 e. The Bertz CT molecular complexity index is 765. The van der Waals surface area contributed by atoms with Gasteiger partial charge in [-0.3, -0.25) is 0 Å². The molecule has 1 aromatic carbocycles. The molecule has 0 radical (unpaired) electrons. The van der Waals surface area contributed by atoms with Gasteiger partial charge in [0.15, 0.2) is 5.76 Å². The first-order valence-corrected chi connectivity index (χ1v) is 6.68. The van der Waals surface area contributed by atoms with Crippen LogP contribution in [0.2, 0.25) is 0 Å². The molecule has 0 atom stereocenters. The lowest BCUT2D eigenvalue weighted by molar-refractivity contribution is 0.545. The Hall–Kier alpha value is -2.42. The number of anilines is 1. The number of furan rings is 1. The highest BCUT2D eigenvalue weighted by Gasteiger charge is 2.12. The molecule has 2 heterocycles. The summed E-state index contributed by atoms with van der Waals surface area (Å²) in [5, 5.41) is 0. The van der Waals surface area contributed by atoms with Gasteiger partial charge in [0.2, 0.25) is 0 Å². The van der Waals surface area contributed by atoms with E-state index in [-0.39, 0.29) is 0 Å². The molecule has 3 aromatic rings. The molecule has 102 valence electrons. The van der Waals surface area contributed by atoms with Gasteiger partial charge < -0.3 is 14.7 Å². The maximum atomic E-state index is 5.90. The molecule has 2 aromatic heterocycles. The van der Waals surface area contributed by atoms with Gasteiger partial charge in [0.05, 0.1) is 5.69 Å². The van der Waals surface area contributed by atoms with E-state index in [1.165, 1.54) is 5.69 Å². The number of benzene rings is 1. The van der Waals surface area contributed by atoms with Gasteiger partial charge in [-0.25, -0.2) is 0 Å². The van der Waals surface area contributed by atoms with Crippen LogP contribution in [0.5, 0.6) is 0 Å². The normalized spacial score (nSPS) is 10.9. The highest BCUT2D eigenvalue weighted by Crippen LogP contribution is 2.29. The Morgan fingerprint density at radius 3 is 2.40 bits per heavy atom. The van der Waals surface area contributed by atoms with Crippen LogP contribution >= 0.6 is 0 Å². The van der Waals surface area contributed by atoms with Crippen molar-refractivity contribution in [1.29, 1.82) is 0 Å². The number of aryl methyl sites for hydroxylation is 3. The molecule has 0 saturated heterocycles. The van der Waals surface area contributed by atoms with E-state index < -0.39 is 0 Å². The number of rotatable bonds is 2. The second-order valence-corrected chi connectivity index (χ2v) is 5.15. The van der Waals surface area contributed by atoms with Gasteiger partial charge in [-0.15, -0.1) is 0 Å². The van der Waals surface area contributed by atoms with Crippen molar-refractivity contribution in [3.8, 4) is 17.1 Å². The van der Waals surface area contributed by atoms with E-state index in [1.807, 2.05) is 38.1 Å². The van der Waals surface area contributed by atoms with E-state index in [9.17, 15) is 0 Å². The maximum Gasteiger partial charge on any atom is 0.151 e. The van der Waals surface area contributed by atoms with Gasteiger partial charge in [-0.05, 0) is 68.8 Å². The summed E-state index contributed by atoms with van der Waals surface area (Å²) >= 11 is 0. The minimum atomic E-state index is 0.814. The number of nitrogens with zero attached hydrogens (tertiary/aromatic N) is 1. The maximum absolute atomic E-state index is 5.90. The molecule has 2 N–H and O–H groups in total. The zero-order valence-corrected chi connectivity index (χ0v) is 12.0. The highest BCUT2D eigenvalue weighted by molar-refractivity contribution is 5.61. The third-order valence-corrected chi connectivity index (χ3v) is 3.58. The third-order valence-electron chi connectivity index (χ3n) is 3.58. The van der Waals surface area contributed by atoms with E-state index in [4.69, 9.17) is 10.2 Å². The lowest BCUT2D eigenvalue weighted by Crippen LogP contribution is -2.00. The number of nitrogens with two attached hydrogens (primary N) is 1. The Morgan fingerprint density at radius 1 is 0.950 bits per heavy atom. The highest BCUT2D eigenvalue weighted by atomic mass is 16.3. The summed E-state index contributed by atoms with van der Waals surface area (Å²) in [4.78, 5) is 0. The molecule has 3 heteroatoms. The van der Waals surface area contributed by atoms with Crippen LogP contribution in [0.4, 0.5) is 5.69 Å². The molecule has 0 aliphatic carbocycles. The smallest absolute Gasteiger partial charge is 0.151 e. The summed E-state index contributed by atoms with van der Waals surface area (Å²) in [6.45, 7) is 6.07. The number of hydrogen-bond donors (Lipinski definition) is 1. The average molecular weight is 266 g/mol. The fraction of sp³-hybridized carbons (Fsp3) is 0.176. The van der Waals surface area contributed by atoms with Gasteiger partial charge in [-0.2, -0.15) is 0 Å². The second kappa shape index (κ2) is 4.60. The van der Waals surface area contributed by atoms with Crippen LogP contribution in [0.3, 0.4) is 0 Å². The number of nitrogen functional groups attached to an aromatic ring is 1. The number of hydrogen-bond acceptors (Lipinski definition) is 2. The molecule has 3 rings (SSSR count). The largest absolute Gasteiger partial charge is 0.460 e. The fourth-order valence-corrected chi connectivity index (χ4v) is 2.44.